The molecule has 1 heterocycles. The van der Waals surface area contributed by atoms with Crippen LogP contribution in [0.5, 0.6) is 0 Å². The van der Waals surface area contributed by atoms with E-state index in [0.29, 0.717) is 0 Å². The number of aliphatic hydroxyl groups excluding tert-OH is 2. The molecule has 1 saturated heterocycles. The summed E-state index contributed by atoms with van der Waals surface area (Å²) in [5.74, 6) is 0. The fourth-order valence-electron chi connectivity index (χ4n) is 0.660. The lowest BCUT2D eigenvalue weighted by molar-refractivity contribution is 0.182. The molecule has 0 radical (unpaired) electrons. The third kappa shape index (κ3) is 0.727. The highest BCUT2D eigenvalue weighted by molar-refractivity contribution is 4.97. The molecule has 2 N–H and O–H groups in total. The van der Waals surface area contributed by atoms with Crippen molar-refractivity contribution in [3.05, 3.63) is 0 Å². The molecule has 0 aromatic heterocycles. The van der Waals surface area contributed by atoms with Gasteiger partial charge < -0.3 is 14.9 Å². The molecule has 1 aliphatic heterocycles. The van der Waals surface area contributed by atoms with Crippen LogP contribution in [0.1, 0.15) is 6.92 Å². The highest BCUT2D eigenvalue weighted by atomic mass is 16.6. The monoisotopic (exact) mass is 118 g/mol. The van der Waals surface area contributed by atoms with Crippen molar-refractivity contribution >= 4 is 0 Å². The second-order valence-electron chi connectivity index (χ2n) is 2.26. The Morgan fingerprint density at radius 2 is 2.25 bits per heavy atom. The van der Waals surface area contributed by atoms with Crippen LogP contribution in [-0.2, 0) is 4.74 Å². The number of epoxide rings is 1. The lowest BCUT2D eigenvalue weighted by Crippen LogP contribution is -2.16. The number of rotatable bonds is 2. The smallest absolute Gasteiger partial charge is 0.117 e. The van der Waals surface area contributed by atoms with E-state index >= 15 is 0 Å². The number of hydrogen-bond donors (Lipinski definition) is 2. The summed E-state index contributed by atoms with van der Waals surface area (Å²) in [6.07, 6.45) is -0.132. The summed E-state index contributed by atoms with van der Waals surface area (Å²) >= 11 is 0. The van der Waals surface area contributed by atoms with Gasteiger partial charge in [-0.15, -0.1) is 0 Å². The molecule has 0 aromatic carbocycles. The van der Waals surface area contributed by atoms with Gasteiger partial charge in [-0.3, -0.25) is 0 Å². The molecular formula is C5H10O3. The zero-order chi connectivity index (χ0) is 6.20. The maximum absolute atomic E-state index is 8.53. The molecule has 3 nitrogen and oxygen atoms in total. The second kappa shape index (κ2) is 1.69. The zero-order valence-corrected chi connectivity index (χ0v) is 4.79. The van der Waals surface area contributed by atoms with E-state index in [9.17, 15) is 0 Å². The van der Waals surface area contributed by atoms with Crippen LogP contribution in [0.3, 0.4) is 0 Å². The average molecular weight is 118 g/mol. The molecule has 8 heavy (non-hydrogen) atoms. The third-order valence-electron chi connectivity index (χ3n) is 1.52. The third-order valence-corrected chi connectivity index (χ3v) is 1.52. The Bertz CT molecular complexity index is 93.7. The fourth-order valence-corrected chi connectivity index (χ4v) is 0.660. The van der Waals surface area contributed by atoms with Crippen LogP contribution in [0.15, 0.2) is 0 Å². The molecule has 48 valence electrons. The molecule has 1 unspecified atom stereocenters. The first-order valence-electron chi connectivity index (χ1n) is 2.62. The van der Waals surface area contributed by atoms with Crippen molar-refractivity contribution in [2.75, 3.05) is 13.2 Å². The fraction of sp³-hybridized carbons (Fsp3) is 1.00. The van der Waals surface area contributed by atoms with Crippen molar-refractivity contribution in [3.8, 4) is 0 Å². The van der Waals surface area contributed by atoms with E-state index in [-0.39, 0.29) is 19.3 Å². The Balaban J connectivity index is 2.31. The molecule has 2 atom stereocenters. The van der Waals surface area contributed by atoms with Crippen LogP contribution in [0.2, 0.25) is 0 Å². The Kier molecular flexibility index (Phi) is 1.27. The van der Waals surface area contributed by atoms with Crippen LogP contribution >= 0.6 is 0 Å². The van der Waals surface area contributed by atoms with Crippen molar-refractivity contribution in [2.24, 2.45) is 0 Å². The first kappa shape index (κ1) is 6.01. The molecule has 0 aromatic rings. The molecule has 0 spiro atoms. The largest absolute Gasteiger partial charge is 0.394 e. The maximum Gasteiger partial charge on any atom is 0.117 e. The molecule has 0 saturated carbocycles. The van der Waals surface area contributed by atoms with E-state index in [4.69, 9.17) is 14.9 Å². The molecule has 0 amide bonds. The Labute approximate surface area is 47.9 Å². The summed E-state index contributed by atoms with van der Waals surface area (Å²) < 4.78 is 4.90. The van der Waals surface area contributed by atoms with Gasteiger partial charge in [0.15, 0.2) is 0 Å². The van der Waals surface area contributed by atoms with Crippen molar-refractivity contribution < 1.29 is 14.9 Å². The Morgan fingerprint density at radius 3 is 2.38 bits per heavy atom. The maximum atomic E-state index is 8.53. The summed E-state index contributed by atoms with van der Waals surface area (Å²) in [7, 11) is 0. The predicted molar refractivity (Wildman–Crippen MR) is 27.4 cm³/mol. The van der Waals surface area contributed by atoms with Gasteiger partial charge in [0.25, 0.3) is 0 Å². The molecule has 0 bridgehead atoms. The minimum Gasteiger partial charge on any atom is -0.394 e. The molecule has 1 aliphatic rings. The quantitative estimate of drug-likeness (QED) is 0.463. The SMILES string of the molecule is C[C@]1(CO)OC1CO. The molecule has 0 aliphatic carbocycles. The summed E-state index contributed by atoms with van der Waals surface area (Å²) in [4.78, 5) is 0. The lowest BCUT2D eigenvalue weighted by atomic mass is 10.1. The summed E-state index contributed by atoms with van der Waals surface area (Å²) in [5.41, 5.74) is -0.436. The highest BCUT2D eigenvalue weighted by Gasteiger charge is 2.51. The van der Waals surface area contributed by atoms with Gasteiger partial charge >= 0.3 is 0 Å². The highest BCUT2D eigenvalue weighted by Crippen LogP contribution is 2.34. The molecular weight excluding hydrogens is 108 g/mol. The van der Waals surface area contributed by atoms with Gasteiger partial charge in [-0.1, -0.05) is 0 Å². The van der Waals surface area contributed by atoms with Crippen molar-refractivity contribution in [1.29, 1.82) is 0 Å². The first-order chi connectivity index (χ1) is 3.73. The van der Waals surface area contributed by atoms with Crippen molar-refractivity contribution in [3.63, 3.8) is 0 Å². The Morgan fingerprint density at radius 1 is 1.62 bits per heavy atom. The van der Waals surface area contributed by atoms with E-state index in [2.05, 4.69) is 0 Å². The van der Waals surface area contributed by atoms with Gasteiger partial charge in [-0.25, -0.2) is 0 Å². The summed E-state index contributed by atoms with van der Waals surface area (Å²) in [6, 6.07) is 0. The van der Waals surface area contributed by atoms with Gasteiger partial charge in [0.05, 0.1) is 13.2 Å². The van der Waals surface area contributed by atoms with Gasteiger partial charge in [-0.2, -0.15) is 0 Å². The van der Waals surface area contributed by atoms with Gasteiger partial charge in [0.1, 0.15) is 11.7 Å². The minimum absolute atomic E-state index is 0.00176. The van der Waals surface area contributed by atoms with E-state index < -0.39 is 5.60 Å². The summed E-state index contributed by atoms with van der Waals surface area (Å²) in [5, 5.41) is 17.0. The van der Waals surface area contributed by atoms with E-state index in [1.807, 2.05) is 0 Å². The normalized spacial score (nSPS) is 44.6. The van der Waals surface area contributed by atoms with E-state index in [1.54, 1.807) is 6.92 Å². The molecule has 3 heteroatoms. The van der Waals surface area contributed by atoms with Gasteiger partial charge in [0.2, 0.25) is 0 Å². The van der Waals surface area contributed by atoms with Crippen LogP contribution < -0.4 is 0 Å². The van der Waals surface area contributed by atoms with E-state index in [0.717, 1.165) is 0 Å². The minimum atomic E-state index is -0.436. The molecule has 1 rings (SSSR count). The van der Waals surface area contributed by atoms with Crippen LogP contribution in [0.4, 0.5) is 0 Å². The van der Waals surface area contributed by atoms with E-state index in [1.165, 1.54) is 0 Å². The first-order valence-corrected chi connectivity index (χ1v) is 2.62. The Hall–Kier alpha value is -0.120. The number of ether oxygens (including phenoxy) is 1. The second-order valence-corrected chi connectivity index (χ2v) is 2.26. The van der Waals surface area contributed by atoms with Crippen molar-refractivity contribution in [1.82, 2.24) is 0 Å². The van der Waals surface area contributed by atoms with Gasteiger partial charge in [-0.05, 0) is 6.92 Å². The standard InChI is InChI=1S/C5H10O3/c1-5(3-7)4(2-6)8-5/h4,6-7H,2-3H2,1H3/t4?,5-/m1/s1. The number of hydrogen-bond acceptors (Lipinski definition) is 3. The van der Waals surface area contributed by atoms with Gasteiger partial charge in [0, 0.05) is 0 Å². The molecule has 1 fully saturated rings. The van der Waals surface area contributed by atoms with Crippen molar-refractivity contribution in [2.45, 2.75) is 18.6 Å². The summed E-state index contributed by atoms with van der Waals surface area (Å²) in [6.45, 7) is 1.78. The number of aliphatic hydroxyl groups is 2. The zero-order valence-electron chi connectivity index (χ0n) is 4.79. The van der Waals surface area contributed by atoms with Crippen LogP contribution in [0.25, 0.3) is 0 Å². The lowest BCUT2D eigenvalue weighted by Gasteiger charge is -1.95. The topological polar surface area (TPSA) is 53.0 Å². The van der Waals surface area contributed by atoms with Crippen LogP contribution in [-0.4, -0.2) is 35.1 Å². The predicted octanol–water partition coefficient (Wildman–Crippen LogP) is -0.872. The average Bonchev–Trinajstić information content (AvgIpc) is 2.44. The van der Waals surface area contributed by atoms with Crippen LogP contribution in [0, 0.1) is 0 Å².